The van der Waals surface area contributed by atoms with Crippen LogP contribution in [-0.4, -0.2) is 6.61 Å². The Morgan fingerprint density at radius 2 is 1.56 bits per heavy atom. The second-order valence-corrected chi connectivity index (χ2v) is 2.36. The number of hydrogen-bond acceptors (Lipinski definition) is 1. The zero-order valence-electron chi connectivity index (χ0n) is 11.7. The van der Waals surface area contributed by atoms with Crippen LogP contribution in [0.25, 0.3) is 0 Å². The van der Waals surface area contributed by atoms with Gasteiger partial charge >= 0.3 is 0 Å². The number of rotatable bonds is 5. The molecule has 0 aliphatic rings. The number of ether oxygens (including phenoxy) is 1. The van der Waals surface area contributed by atoms with Crippen LogP contribution in [0.3, 0.4) is 0 Å². The van der Waals surface area contributed by atoms with E-state index in [2.05, 4.69) is 13.2 Å². The molecule has 96 valence electrons. The van der Waals surface area contributed by atoms with Crippen LogP contribution in [0.15, 0.2) is 36.4 Å². The summed E-state index contributed by atoms with van der Waals surface area (Å²) < 4.78 is 17.9. The van der Waals surface area contributed by atoms with Crippen LogP contribution >= 0.6 is 0 Å². The van der Waals surface area contributed by atoms with Crippen molar-refractivity contribution in [3.63, 3.8) is 0 Å². The van der Waals surface area contributed by atoms with Crippen molar-refractivity contribution in [1.29, 1.82) is 0 Å². The first kappa shape index (κ1) is 20.4. The summed E-state index contributed by atoms with van der Waals surface area (Å²) in [6.45, 7) is 19.2. The van der Waals surface area contributed by atoms with E-state index in [0.717, 1.165) is 12.0 Å². The smallest absolute Gasteiger partial charge is 0.164 e. The van der Waals surface area contributed by atoms with Crippen molar-refractivity contribution < 1.29 is 9.13 Å². The fourth-order valence-electron chi connectivity index (χ4n) is 0.605. The average molecular weight is 230 g/mol. The lowest BCUT2D eigenvalue weighted by Crippen LogP contribution is -1.90. The summed E-state index contributed by atoms with van der Waals surface area (Å²) in [5, 5.41) is 0. The van der Waals surface area contributed by atoms with Gasteiger partial charge in [-0.1, -0.05) is 53.3 Å². The maximum atomic E-state index is 13.0. The maximum absolute atomic E-state index is 13.0. The fraction of sp³-hybridized carbons (Fsp3) is 0.571. The van der Waals surface area contributed by atoms with Crippen LogP contribution in [0, 0.1) is 0 Å². The van der Waals surface area contributed by atoms with E-state index < -0.39 is 5.83 Å². The Labute approximate surface area is 101 Å². The van der Waals surface area contributed by atoms with Gasteiger partial charge in [-0.25, -0.2) is 4.39 Å². The Bertz CT molecular complexity index is 205. The molecule has 0 spiro atoms. The second kappa shape index (κ2) is 16.4. The molecule has 0 aliphatic carbocycles. The molecule has 1 nitrogen and oxygen atoms in total. The van der Waals surface area contributed by atoms with E-state index in [1.165, 1.54) is 6.08 Å². The third-order valence-corrected chi connectivity index (χ3v) is 1.37. The molecular weight excluding hydrogens is 203 g/mol. The van der Waals surface area contributed by atoms with Gasteiger partial charge in [0.25, 0.3) is 0 Å². The van der Waals surface area contributed by atoms with Crippen LogP contribution < -0.4 is 0 Å². The summed E-state index contributed by atoms with van der Waals surface area (Å²) >= 11 is 0. The molecule has 0 saturated heterocycles. The molecule has 0 atom stereocenters. The molecule has 0 aromatic rings. The van der Waals surface area contributed by atoms with Gasteiger partial charge in [0, 0.05) is 0 Å². The molecule has 0 amide bonds. The van der Waals surface area contributed by atoms with Crippen molar-refractivity contribution in [2.45, 2.75) is 48.0 Å². The lowest BCUT2D eigenvalue weighted by Gasteiger charge is -2.03. The highest BCUT2D eigenvalue weighted by Crippen LogP contribution is 2.14. The lowest BCUT2D eigenvalue weighted by molar-refractivity contribution is 0.226. The van der Waals surface area contributed by atoms with E-state index in [1.807, 2.05) is 34.6 Å². The SMILES string of the molecule is C=C(/C=C(/F)C(=C)OCC)CC.CC.CC. The van der Waals surface area contributed by atoms with E-state index >= 15 is 0 Å². The van der Waals surface area contributed by atoms with E-state index in [1.54, 1.807) is 6.92 Å². The summed E-state index contributed by atoms with van der Waals surface area (Å²) in [7, 11) is 0. The molecule has 0 radical (unpaired) electrons. The maximum Gasteiger partial charge on any atom is 0.164 e. The first-order valence-electron chi connectivity index (χ1n) is 5.98. The van der Waals surface area contributed by atoms with Crippen LogP contribution in [0.5, 0.6) is 0 Å². The van der Waals surface area contributed by atoms with E-state index in [0.29, 0.717) is 6.61 Å². The molecule has 0 aromatic carbocycles. The van der Waals surface area contributed by atoms with Crippen LogP contribution in [0.1, 0.15) is 48.0 Å². The zero-order chi connectivity index (χ0) is 13.6. The molecule has 0 N–H and O–H groups in total. The summed E-state index contributed by atoms with van der Waals surface area (Å²) in [5.41, 5.74) is 0.730. The summed E-state index contributed by atoms with van der Waals surface area (Å²) in [5.74, 6) is -0.365. The number of halogens is 1. The fourth-order valence-corrected chi connectivity index (χ4v) is 0.605. The standard InChI is InChI=1S/C10H15FO.2C2H6/c1-5-8(3)7-10(11)9(4)12-6-2;2*1-2/h7H,3-6H2,1-2H3;2*1-2H3/b10-7+;;. The molecule has 0 saturated carbocycles. The highest BCUT2D eigenvalue weighted by molar-refractivity contribution is 5.26. The van der Waals surface area contributed by atoms with E-state index in [-0.39, 0.29) is 5.76 Å². The van der Waals surface area contributed by atoms with E-state index in [4.69, 9.17) is 4.74 Å². The third kappa shape index (κ3) is 12.9. The van der Waals surface area contributed by atoms with Crippen molar-refractivity contribution >= 4 is 0 Å². The van der Waals surface area contributed by atoms with Gasteiger partial charge in [-0.15, -0.1) is 0 Å². The van der Waals surface area contributed by atoms with Crippen molar-refractivity contribution in [2.75, 3.05) is 6.61 Å². The molecule has 0 bridgehead atoms. The predicted octanol–water partition coefficient (Wildman–Crippen LogP) is 5.41. The average Bonchev–Trinajstić information content (AvgIpc) is 2.34. The molecular formula is C14H27FO. The minimum atomic E-state index is -0.441. The zero-order valence-corrected chi connectivity index (χ0v) is 11.7. The Kier molecular flexibility index (Phi) is 20.9. The Balaban J connectivity index is -0.000000376. The summed E-state index contributed by atoms with van der Waals surface area (Å²) in [6.07, 6.45) is 2.07. The van der Waals surface area contributed by atoms with Gasteiger partial charge in [0.05, 0.1) is 6.61 Å². The van der Waals surface area contributed by atoms with Gasteiger partial charge in [-0.2, -0.15) is 0 Å². The highest BCUT2D eigenvalue weighted by Gasteiger charge is 2.01. The van der Waals surface area contributed by atoms with Gasteiger partial charge in [-0.05, 0) is 19.4 Å². The van der Waals surface area contributed by atoms with Gasteiger partial charge in [0.1, 0.15) is 5.76 Å². The molecule has 0 unspecified atom stereocenters. The van der Waals surface area contributed by atoms with Gasteiger partial charge < -0.3 is 4.74 Å². The minimum absolute atomic E-state index is 0.0760. The molecule has 0 rings (SSSR count). The summed E-state index contributed by atoms with van der Waals surface area (Å²) in [4.78, 5) is 0. The van der Waals surface area contributed by atoms with Crippen LogP contribution in [0.4, 0.5) is 4.39 Å². The minimum Gasteiger partial charge on any atom is -0.491 e. The van der Waals surface area contributed by atoms with Crippen molar-refractivity contribution in [2.24, 2.45) is 0 Å². The molecule has 0 heterocycles. The molecule has 0 fully saturated rings. The largest absolute Gasteiger partial charge is 0.491 e. The van der Waals surface area contributed by atoms with Crippen molar-refractivity contribution in [3.05, 3.63) is 36.4 Å². The van der Waals surface area contributed by atoms with Gasteiger partial charge in [-0.3, -0.25) is 0 Å². The molecule has 0 aromatic heterocycles. The number of allylic oxidation sites excluding steroid dienone is 3. The van der Waals surface area contributed by atoms with Gasteiger partial charge in [0.2, 0.25) is 0 Å². The van der Waals surface area contributed by atoms with E-state index in [9.17, 15) is 4.39 Å². The second-order valence-electron chi connectivity index (χ2n) is 2.36. The third-order valence-electron chi connectivity index (χ3n) is 1.37. The quantitative estimate of drug-likeness (QED) is 0.453. The topological polar surface area (TPSA) is 9.23 Å². The van der Waals surface area contributed by atoms with Crippen LogP contribution in [0.2, 0.25) is 0 Å². The van der Waals surface area contributed by atoms with Crippen molar-refractivity contribution in [3.8, 4) is 0 Å². The Hall–Kier alpha value is -1.05. The number of hydrogen-bond donors (Lipinski definition) is 0. The first-order valence-corrected chi connectivity index (χ1v) is 5.98. The first-order chi connectivity index (χ1) is 7.61. The Morgan fingerprint density at radius 1 is 1.12 bits per heavy atom. The summed E-state index contributed by atoms with van der Waals surface area (Å²) in [6, 6.07) is 0. The molecule has 0 aliphatic heterocycles. The highest BCUT2D eigenvalue weighted by atomic mass is 19.1. The predicted molar refractivity (Wildman–Crippen MR) is 72.1 cm³/mol. The Morgan fingerprint density at radius 3 is 1.88 bits per heavy atom. The van der Waals surface area contributed by atoms with Crippen LogP contribution in [-0.2, 0) is 4.74 Å². The van der Waals surface area contributed by atoms with Gasteiger partial charge in [0.15, 0.2) is 5.83 Å². The monoisotopic (exact) mass is 230 g/mol. The molecule has 2 heteroatoms. The normalized spacial score (nSPS) is 9.06. The molecule has 16 heavy (non-hydrogen) atoms. The lowest BCUT2D eigenvalue weighted by atomic mass is 10.2. The van der Waals surface area contributed by atoms with Crippen molar-refractivity contribution in [1.82, 2.24) is 0 Å².